The van der Waals surface area contributed by atoms with E-state index in [4.69, 9.17) is 9.47 Å². The minimum absolute atomic E-state index is 0.163. The lowest BCUT2D eigenvalue weighted by Crippen LogP contribution is -2.41. The van der Waals surface area contributed by atoms with E-state index in [1.54, 1.807) is 42.5 Å². The maximum Gasteiger partial charge on any atom is 0.434 e. The Kier molecular flexibility index (Phi) is 6.95. The molecule has 208 valence electrons. The molecule has 0 spiro atoms. The van der Waals surface area contributed by atoms with Crippen molar-refractivity contribution >= 4 is 34.2 Å². The maximum atomic E-state index is 14.5. The number of rotatable bonds is 5. The van der Waals surface area contributed by atoms with Crippen LogP contribution in [0.25, 0.3) is 16.8 Å². The van der Waals surface area contributed by atoms with Crippen molar-refractivity contribution in [1.29, 1.82) is 0 Å². The minimum atomic E-state index is -5.00. The van der Waals surface area contributed by atoms with E-state index in [0.717, 1.165) is 32.9 Å². The lowest BCUT2D eigenvalue weighted by atomic mass is 9.90. The average molecular weight is 570 g/mol. The number of aryl methyl sites for hydroxylation is 1. The molecule has 11 heteroatoms. The third-order valence-electron chi connectivity index (χ3n) is 7.12. The highest BCUT2D eigenvalue weighted by Crippen LogP contribution is 2.43. The number of thiazole rings is 1. The van der Waals surface area contributed by atoms with E-state index in [1.807, 2.05) is 31.5 Å². The standard InChI is InChI=1S/C29H26F3N3O4S/c1-6-39-27(37)23-24(22-19-10-8-7-9-17(19)11-12-20(22)38-5)35-26(36)21(14-18-13-15(2)34(4)16(18)3)40-28(35)33-25(23)29(30,31)32/h7-14,24H,6H2,1-5H3/b21-14+/t24-/m1/s1. The number of ether oxygens (including phenoxy) is 2. The number of methoxy groups -OCH3 is 1. The molecule has 0 fully saturated rings. The molecule has 3 heterocycles. The van der Waals surface area contributed by atoms with Crippen molar-refractivity contribution in [1.82, 2.24) is 9.13 Å². The monoisotopic (exact) mass is 569 g/mol. The van der Waals surface area contributed by atoms with Crippen LogP contribution >= 0.6 is 11.3 Å². The number of carbonyl (C=O) groups excluding carboxylic acids is 1. The topological polar surface area (TPSA) is 74.8 Å². The van der Waals surface area contributed by atoms with Gasteiger partial charge in [0.05, 0.1) is 23.8 Å². The highest BCUT2D eigenvalue weighted by Gasteiger charge is 2.46. The molecule has 0 bridgehead atoms. The van der Waals surface area contributed by atoms with Gasteiger partial charge < -0.3 is 14.0 Å². The fraction of sp³-hybridized carbons (Fsp3) is 0.276. The van der Waals surface area contributed by atoms with Gasteiger partial charge in [0.1, 0.15) is 11.8 Å². The van der Waals surface area contributed by atoms with Crippen molar-refractivity contribution in [3.63, 3.8) is 0 Å². The van der Waals surface area contributed by atoms with Gasteiger partial charge in [0.25, 0.3) is 5.56 Å². The second-order valence-corrected chi connectivity index (χ2v) is 10.4. The molecule has 1 aliphatic rings. The SMILES string of the molecule is CCOC(=O)C1=C(C(F)(F)F)N=c2s/c(=C/c3cc(C)n(C)c3C)c(=O)n2[C@@H]1c1c(OC)ccc2ccccc12. The Morgan fingerprint density at radius 3 is 2.52 bits per heavy atom. The average Bonchev–Trinajstić information content (AvgIpc) is 3.36. The Labute approximate surface area is 231 Å². The Bertz CT molecular complexity index is 1880. The summed E-state index contributed by atoms with van der Waals surface area (Å²) in [4.78, 5) is 30.9. The van der Waals surface area contributed by atoms with Gasteiger partial charge in [-0.2, -0.15) is 13.2 Å². The Balaban J connectivity index is 1.94. The number of hydrogen-bond donors (Lipinski definition) is 0. The number of hydrogen-bond acceptors (Lipinski definition) is 6. The zero-order chi connectivity index (χ0) is 28.9. The first-order valence-electron chi connectivity index (χ1n) is 12.5. The summed E-state index contributed by atoms with van der Waals surface area (Å²) in [5, 5.41) is 1.23. The molecule has 0 unspecified atom stereocenters. The molecular formula is C29H26F3N3O4S. The van der Waals surface area contributed by atoms with Crippen molar-refractivity contribution in [2.45, 2.75) is 33.0 Å². The van der Waals surface area contributed by atoms with Gasteiger partial charge in [-0.3, -0.25) is 9.36 Å². The van der Waals surface area contributed by atoms with Crippen LogP contribution in [0, 0.1) is 13.8 Å². The molecule has 0 aliphatic carbocycles. The smallest absolute Gasteiger partial charge is 0.434 e. The maximum absolute atomic E-state index is 14.5. The highest BCUT2D eigenvalue weighted by atomic mass is 32.1. The van der Waals surface area contributed by atoms with Gasteiger partial charge >= 0.3 is 12.1 Å². The molecule has 0 saturated carbocycles. The summed E-state index contributed by atoms with van der Waals surface area (Å²) < 4.78 is 57.6. The zero-order valence-electron chi connectivity index (χ0n) is 22.4. The van der Waals surface area contributed by atoms with Gasteiger partial charge in [-0.25, -0.2) is 9.79 Å². The number of halogens is 3. The third-order valence-corrected chi connectivity index (χ3v) is 8.10. The summed E-state index contributed by atoms with van der Waals surface area (Å²) in [5.41, 5.74) is 0.0930. The first kappa shape index (κ1) is 27.4. The van der Waals surface area contributed by atoms with E-state index < -0.39 is 35.0 Å². The van der Waals surface area contributed by atoms with Gasteiger partial charge in [-0.05, 0) is 55.3 Å². The van der Waals surface area contributed by atoms with E-state index >= 15 is 0 Å². The van der Waals surface area contributed by atoms with Crippen LogP contribution in [0.4, 0.5) is 13.2 Å². The van der Waals surface area contributed by atoms with Crippen LogP contribution in [0.2, 0.25) is 0 Å². The Hall–Kier alpha value is -4.12. The number of benzene rings is 2. The van der Waals surface area contributed by atoms with E-state index in [0.29, 0.717) is 10.8 Å². The molecule has 0 radical (unpaired) electrons. The van der Waals surface area contributed by atoms with Crippen LogP contribution < -0.4 is 19.6 Å². The van der Waals surface area contributed by atoms with Crippen molar-refractivity contribution in [2.75, 3.05) is 13.7 Å². The summed E-state index contributed by atoms with van der Waals surface area (Å²) in [6.45, 7) is 5.14. The predicted molar refractivity (Wildman–Crippen MR) is 146 cm³/mol. The molecule has 0 saturated heterocycles. The number of allylic oxidation sites excluding steroid dienone is 1. The molecule has 0 N–H and O–H groups in total. The van der Waals surface area contributed by atoms with Crippen molar-refractivity contribution in [2.24, 2.45) is 12.0 Å². The van der Waals surface area contributed by atoms with Crippen molar-refractivity contribution in [3.8, 4) is 5.75 Å². The van der Waals surface area contributed by atoms with E-state index in [2.05, 4.69) is 4.99 Å². The number of carbonyl (C=O) groups is 1. The van der Waals surface area contributed by atoms with Gasteiger partial charge in [-0.15, -0.1) is 0 Å². The quantitative estimate of drug-likeness (QED) is 0.333. The van der Waals surface area contributed by atoms with E-state index in [-0.39, 0.29) is 27.3 Å². The fourth-order valence-electron chi connectivity index (χ4n) is 5.02. The first-order chi connectivity index (χ1) is 19.0. The molecule has 0 amide bonds. The van der Waals surface area contributed by atoms with Crippen LogP contribution in [0.1, 0.15) is 35.5 Å². The van der Waals surface area contributed by atoms with Crippen LogP contribution in [0.15, 0.2) is 63.5 Å². The van der Waals surface area contributed by atoms with Crippen molar-refractivity contribution in [3.05, 3.63) is 95.9 Å². The molecule has 2 aromatic carbocycles. The second-order valence-electron chi connectivity index (χ2n) is 9.35. The molecule has 4 aromatic rings. The molecule has 5 rings (SSSR count). The number of nitrogens with zero attached hydrogens (tertiary/aromatic N) is 3. The number of alkyl halides is 3. The number of esters is 1. The summed E-state index contributed by atoms with van der Waals surface area (Å²) in [6.07, 6.45) is -3.36. The van der Waals surface area contributed by atoms with Crippen LogP contribution in [-0.2, 0) is 16.6 Å². The number of aromatic nitrogens is 2. The van der Waals surface area contributed by atoms with Crippen molar-refractivity contribution < 1.29 is 27.4 Å². The number of fused-ring (bicyclic) bond motifs is 2. The predicted octanol–water partition coefficient (Wildman–Crippen LogP) is 4.46. The third kappa shape index (κ3) is 4.43. The lowest BCUT2D eigenvalue weighted by molar-refractivity contribution is -0.140. The van der Waals surface area contributed by atoms with Gasteiger partial charge in [0.15, 0.2) is 10.5 Å². The molecular weight excluding hydrogens is 543 g/mol. The Morgan fingerprint density at radius 2 is 1.90 bits per heavy atom. The molecule has 40 heavy (non-hydrogen) atoms. The summed E-state index contributed by atoms with van der Waals surface area (Å²) in [6, 6.07) is 10.8. The lowest BCUT2D eigenvalue weighted by Gasteiger charge is -2.28. The molecule has 2 aromatic heterocycles. The highest BCUT2D eigenvalue weighted by molar-refractivity contribution is 7.07. The van der Waals surface area contributed by atoms with Gasteiger partial charge in [0, 0.05) is 24.0 Å². The first-order valence-corrected chi connectivity index (χ1v) is 13.3. The van der Waals surface area contributed by atoms with Crippen LogP contribution in [0.5, 0.6) is 5.75 Å². The van der Waals surface area contributed by atoms with Crippen LogP contribution in [-0.4, -0.2) is 35.0 Å². The largest absolute Gasteiger partial charge is 0.496 e. The summed E-state index contributed by atoms with van der Waals surface area (Å²) in [7, 11) is 3.27. The normalized spacial score (nSPS) is 15.8. The van der Waals surface area contributed by atoms with E-state index in [9.17, 15) is 22.8 Å². The zero-order valence-corrected chi connectivity index (χ0v) is 23.2. The van der Waals surface area contributed by atoms with Crippen LogP contribution in [0.3, 0.4) is 0 Å². The Morgan fingerprint density at radius 1 is 1.18 bits per heavy atom. The molecule has 7 nitrogen and oxygen atoms in total. The molecule has 1 atom stereocenters. The summed E-state index contributed by atoms with van der Waals surface area (Å²) >= 11 is 0.837. The minimum Gasteiger partial charge on any atom is -0.496 e. The second kappa shape index (κ2) is 10.1. The summed E-state index contributed by atoms with van der Waals surface area (Å²) in [5.74, 6) is -0.986. The fourth-order valence-corrected chi connectivity index (χ4v) is 6.01. The van der Waals surface area contributed by atoms with Gasteiger partial charge in [-0.1, -0.05) is 41.7 Å². The van der Waals surface area contributed by atoms with Gasteiger partial charge in [0.2, 0.25) is 0 Å². The molecule has 1 aliphatic heterocycles. The van der Waals surface area contributed by atoms with E-state index in [1.165, 1.54) is 14.0 Å².